The first kappa shape index (κ1) is 17.9. The number of fused-ring (bicyclic) bond motifs is 3. The molecule has 0 radical (unpaired) electrons. The number of nitrogens with one attached hydrogen (secondary N) is 2. The van der Waals surface area contributed by atoms with Crippen molar-refractivity contribution < 1.29 is 4.79 Å². The van der Waals surface area contributed by atoms with Crippen LogP contribution in [0.1, 0.15) is 46.7 Å². The van der Waals surface area contributed by atoms with Crippen LogP contribution in [0.4, 0.5) is 0 Å². The lowest BCUT2D eigenvalue weighted by Crippen LogP contribution is -2.23. The molecule has 0 fully saturated rings. The molecule has 2 N–H and O–H groups in total. The van der Waals surface area contributed by atoms with Crippen LogP contribution in [0.2, 0.25) is 0 Å². The number of aryl methyl sites for hydroxylation is 4. The maximum Gasteiger partial charge on any atom is 0.259 e. The highest BCUT2D eigenvalue weighted by Gasteiger charge is 2.19. The van der Waals surface area contributed by atoms with Crippen LogP contribution < -0.4 is 10.9 Å². The van der Waals surface area contributed by atoms with E-state index in [1.807, 2.05) is 25.1 Å². The largest absolute Gasteiger partial charge is 0.352 e. The van der Waals surface area contributed by atoms with Gasteiger partial charge < -0.3 is 10.3 Å². The molecule has 2 heterocycles. The lowest BCUT2D eigenvalue weighted by molar-refractivity contribution is -0.121. The van der Waals surface area contributed by atoms with Gasteiger partial charge in [-0.2, -0.15) is 0 Å². The molecule has 140 valence electrons. The van der Waals surface area contributed by atoms with Crippen LogP contribution in [0.5, 0.6) is 0 Å². The van der Waals surface area contributed by atoms with E-state index in [0.717, 1.165) is 35.0 Å². The van der Waals surface area contributed by atoms with E-state index >= 15 is 0 Å². The minimum Gasteiger partial charge on any atom is -0.352 e. The summed E-state index contributed by atoms with van der Waals surface area (Å²) in [5.74, 6) is 0.557. The number of carbonyl (C=O) groups is 1. The highest BCUT2D eigenvalue weighted by Crippen LogP contribution is 2.33. The molecule has 6 heteroatoms. The van der Waals surface area contributed by atoms with Crippen LogP contribution in [0.3, 0.4) is 0 Å². The molecule has 0 bridgehead atoms. The highest BCUT2D eigenvalue weighted by molar-refractivity contribution is 7.18. The van der Waals surface area contributed by atoms with E-state index in [1.165, 1.54) is 22.4 Å². The summed E-state index contributed by atoms with van der Waals surface area (Å²) in [6.45, 7) is 2.55. The molecule has 1 amide bonds. The fraction of sp³-hybridized carbons (Fsp3) is 0.381. The number of thiophene rings is 1. The molecule has 1 aliphatic carbocycles. The van der Waals surface area contributed by atoms with Gasteiger partial charge in [0.1, 0.15) is 10.7 Å². The van der Waals surface area contributed by atoms with E-state index in [4.69, 9.17) is 0 Å². The van der Waals surface area contributed by atoms with Crippen LogP contribution in [0.15, 0.2) is 29.1 Å². The van der Waals surface area contributed by atoms with Gasteiger partial charge >= 0.3 is 0 Å². The van der Waals surface area contributed by atoms with E-state index in [0.29, 0.717) is 25.2 Å². The van der Waals surface area contributed by atoms with Gasteiger partial charge in [-0.05, 0) is 43.7 Å². The Morgan fingerprint density at radius 1 is 1.30 bits per heavy atom. The topological polar surface area (TPSA) is 74.8 Å². The Bertz CT molecular complexity index is 1050. The molecule has 27 heavy (non-hydrogen) atoms. The van der Waals surface area contributed by atoms with Crippen LogP contribution in [0.25, 0.3) is 10.2 Å². The summed E-state index contributed by atoms with van der Waals surface area (Å²) in [7, 11) is 0. The Kier molecular flexibility index (Phi) is 5.07. The molecule has 2 aromatic heterocycles. The fourth-order valence-corrected chi connectivity index (χ4v) is 4.95. The van der Waals surface area contributed by atoms with Gasteiger partial charge in [0.25, 0.3) is 5.56 Å². The Hall–Kier alpha value is -2.47. The summed E-state index contributed by atoms with van der Waals surface area (Å²) in [6.07, 6.45) is 5.10. The summed E-state index contributed by atoms with van der Waals surface area (Å²) in [5, 5.41) is 3.70. The number of nitrogens with zero attached hydrogens (tertiary/aromatic N) is 1. The average molecular weight is 382 g/mol. The molecule has 0 aliphatic heterocycles. The van der Waals surface area contributed by atoms with E-state index < -0.39 is 0 Å². The van der Waals surface area contributed by atoms with Crippen LogP contribution in [0, 0.1) is 6.92 Å². The SMILES string of the molecule is Cc1cccc(CNC(=O)CCc2nc3sc4c(c3c(=O)[nH]2)CCCC4)c1. The quantitative estimate of drug-likeness (QED) is 0.711. The number of carbonyl (C=O) groups excluding carboxylic acids is 1. The standard InChI is InChI=1S/C21H23N3O2S/c1-13-5-4-6-14(11-13)12-22-18(25)10-9-17-23-20(26)19-15-7-2-3-8-16(15)27-21(19)24-17/h4-6,11H,2-3,7-10,12H2,1H3,(H,22,25)(H,23,24,26). The Morgan fingerprint density at radius 2 is 2.15 bits per heavy atom. The Labute approximate surface area is 161 Å². The predicted octanol–water partition coefficient (Wildman–Crippen LogP) is 3.42. The molecule has 0 unspecified atom stereocenters. The number of H-pyrrole nitrogens is 1. The van der Waals surface area contributed by atoms with Crippen molar-refractivity contribution in [3.05, 3.63) is 62.0 Å². The molecule has 0 saturated carbocycles. The first-order valence-electron chi connectivity index (χ1n) is 9.46. The van der Waals surface area contributed by atoms with Gasteiger partial charge in [0.05, 0.1) is 5.39 Å². The summed E-state index contributed by atoms with van der Waals surface area (Å²) in [6, 6.07) is 8.08. The van der Waals surface area contributed by atoms with Crippen molar-refractivity contribution >= 4 is 27.5 Å². The van der Waals surface area contributed by atoms with Crippen molar-refractivity contribution in [3.8, 4) is 0 Å². The van der Waals surface area contributed by atoms with Gasteiger partial charge in [0.15, 0.2) is 0 Å². The number of aromatic nitrogens is 2. The zero-order valence-corrected chi connectivity index (χ0v) is 16.2. The molecule has 3 aromatic rings. The summed E-state index contributed by atoms with van der Waals surface area (Å²) >= 11 is 1.64. The number of hydrogen-bond donors (Lipinski definition) is 2. The third-order valence-electron chi connectivity index (χ3n) is 5.04. The zero-order valence-electron chi connectivity index (χ0n) is 15.4. The van der Waals surface area contributed by atoms with Gasteiger partial charge in [0.2, 0.25) is 5.91 Å². The van der Waals surface area contributed by atoms with Crippen molar-refractivity contribution in [2.75, 3.05) is 0 Å². The molecular formula is C21H23N3O2S. The van der Waals surface area contributed by atoms with Crippen molar-refractivity contribution in [1.82, 2.24) is 15.3 Å². The fourth-order valence-electron chi connectivity index (χ4n) is 3.67. The molecule has 1 aromatic carbocycles. The molecule has 1 aliphatic rings. The number of aromatic amines is 1. The van der Waals surface area contributed by atoms with E-state index in [1.54, 1.807) is 11.3 Å². The third kappa shape index (κ3) is 3.95. The molecule has 5 nitrogen and oxygen atoms in total. The van der Waals surface area contributed by atoms with Gasteiger partial charge in [-0.1, -0.05) is 29.8 Å². The van der Waals surface area contributed by atoms with Crippen molar-refractivity contribution in [2.24, 2.45) is 0 Å². The normalized spacial score (nSPS) is 13.5. The van der Waals surface area contributed by atoms with E-state index in [2.05, 4.69) is 21.4 Å². The van der Waals surface area contributed by atoms with Gasteiger partial charge in [-0.3, -0.25) is 9.59 Å². The Morgan fingerprint density at radius 3 is 3.00 bits per heavy atom. The maximum absolute atomic E-state index is 12.5. The number of hydrogen-bond acceptors (Lipinski definition) is 4. The van der Waals surface area contributed by atoms with Gasteiger partial charge in [-0.15, -0.1) is 11.3 Å². The minimum atomic E-state index is -0.0606. The van der Waals surface area contributed by atoms with Gasteiger partial charge in [-0.25, -0.2) is 4.98 Å². The molecule has 0 saturated heterocycles. The van der Waals surface area contributed by atoms with Crippen LogP contribution >= 0.6 is 11.3 Å². The van der Waals surface area contributed by atoms with E-state index in [-0.39, 0.29) is 11.5 Å². The number of benzene rings is 1. The second-order valence-corrected chi connectivity index (χ2v) is 8.25. The zero-order chi connectivity index (χ0) is 18.8. The summed E-state index contributed by atoms with van der Waals surface area (Å²) < 4.78 is 0. The van der Waals surface area contributed by atoms with Crippen molar-refractivity contribution in [2.45, 2.75) is 52.0 Å². The third-order valence-corrected chi connectivity index (χ3v) is 6.22. The van der Waals surface area contributed by atoms with Crippen molar-refractivity contribution in [3.63, 3.8) is 0 Å². The van der Waals surface area contributed by atoms with Crippen LogP contribution in [-0.2, 0) is 30.6 Å². The molecule has 0 atom stereocenters. The molecule has 0 spiro atoms. The van der Waals surface area contributed by atoms with Gasteiger partial charge in [0, 0.05) is 24.3 Å². The minimum absolute atomic E-state index is 0.0373. The average Bonchev–Trinajstić information content (AvgIpc) is 3.03. The first-order chi connectivity index (χ1) is 13.1. The second-order valence-electron chi connectivity index (χ2n) is 7.17. The first-order valence-corrected chi connectivity index (χ1v) is 10.3. The lowest BCUT2D eigenvalue weighted by atomic mass is 9.97. The predicted molar refractivity (Wildman–Crippen MR) is 108 cm³/mol. The Balaban J connectivity index is 1.41. The molecular weight excluding hydrogens is 358 g/mol. The van der Waals surface area contributed by atoms with Crippen molar-refractivity contribution in [1.29, 1.82) is 0 Å². The monoisotopic (exact) mass is 381 g/mol. The maximum atomic E-state index is 12.5. The lowest BCUT2D eigenvalue weighted by Gasteiger charge is -2.09. The number of amides is 1. The molecule has 4 rings (SSSR count). The van der Waals surface area contributed by atoms with E-state index in [9.17, 15) is 9.59 Å². The smallest absolute Gasteiger partial charge is 0.259 e. The second kappa shape index (κ2) is 7.64. The number of rotatable bonds is 5. The summed E-state index contributed by atoms with van der Waals surface area (Å²) in [5.41, 5.74) is 3.39. The highest BCUT2D eigenvalue weighted by atomic mass is 32.1. The summed E-state index contributed by atoms with van der Waals surface area (Å²) in [4.78, 5) is 34.3. The van der Waals surface area contributed by atoms with Crippen LogP contribution in [-0.4, -0.2) is 15.9 Å².